The van der Waals surface area contributed by atoms with Gasteiger partial charge in [-0.15, -0.1) is 0 Å². The Bertz CT molecular complexity index is 458. The van der Waals surface area contributed by atoms with Crippen molar-refractivity contribution in [3.05, 3.63) is 18.2 Å². The number of amides is 1. The molecule has 1 amide bonds. The highest BCUT2D eigenvalue weighted by molar-refractivity contribution is 5.84. The van der Waals surface area contributed by atoms with Crippen LogP contribution in [0.2, 0.25) is 0 Å². The zero-order chi connectivity index (χ0) is 15.5. The highest BCUT2D eigenvalue weighted by Crippen LogP contribution is 2.25. The number of piperazine rings is 1. The van der Waals surface area contributed by atoms with Crippen molar-refractivity contribution < 1.29 is 9.90 Å². The molecule has 0 spiro atoms. The van der Waals surface area contributed by atoms with Gasteiger partial charge >= 0.3 is 0 Å². The number of likely N-dealkylation sites (N-methyl/N-ethyl adjacent to an activating group) is 1. The molecule has 1 aliphatic heterocycles. The van der Waals surface area contributed by atoms with E-state index in [9.17, 15) is 9.90 Å². The van der Waals surface area contributed by atoms with Crippen molar-refractivity contribution in [3.8, 4) is 0 Å². The molecule has 2 rings (SSSR count). The summed E-state index contributed by atoms with van der Waals surface area (Å²) < 4.78 is 0. The molecule has 0 saturated carbocycles. The van der Waals surface area contributed by atoms with Gasteiger partial charge in [-0.2, -0.15) is 0 Å². The smallest absolute Gasteiger partial charge is 0.254 e. The van der Waals surface area contributed by atoms with E-state index >= 15 is 0 Å². The molecule has 0 aromatic carbocycles. The molecule has 1 saturated heterocycles. The SMILES string of the molecule is CCC[C@](C)(O)C(=O)N1CCN(CC)[C@H](c2ncc[nH]2)C1. The average Bonchev–Trinajstić information content (AvgIpc) is 2.99. The number of carbonyl (C=O) groups excluding carboxylic acids is 1. The van der Waals surface area contributed by atoms with Gasteiger partial charge in [-0.1, -0.05) is 20.3 Å². The monoisotopic (exact) mass is 294 g/mol. The fraction of sp³-hybridized carbons (Fsp3) is 0.733. The van der Waals surface area contributed by atoms with Gasteiger partial charge in [0.2, 0.25) is 0 Å². The van der Waals surface area contributed by atoms with Crippen LogP contribution in [0.1, 0.15) is 45.5 Å². The van der Waals surface area contributed by atoms with Gasteiger partial charge in [0, 0.05) is 32.0 Å². The van der Waals surface area contributed by atoms with Gasteiger partial charge in [0.25, 0.3) is 5.91 Å². The number of rotatable bonds is 5. The van der Waals surface area contributed by atoms with Gasteiger partial charge < -0.3 is 15.0 Å². The first-order valence-electron chi connectivity index (χ1n) is 7.74. The molecular formula is C15H26N4O2. The number of hydrogen-bond acceptors (Lipinski definition) is 4. The molecule has 1 aromatic heterocycles. The molecule has 2 N–H and O–H groups in total. The zero-order valence-electron chi connectivity index (χ0n) is 13.2. The standard InChI is InChI=1S/C15H26N4O2/c1-4-6-15(3,21)14(20)19-10-9-18(5-2)12(11-19)13-16-7-8-17-13/h7-8,12,21H,4-6,9-11H2,1-3H3,(H,16,17)/t12-,15-/m0/s1. The molecule has 0 unspecified atom stereocenters. The third-order valence-corrected chi connectivity index (χ3v) is 4.22. The van der Waals surface area contributed by atoms with Gasteiger partial charge in [0.05, 0.1) is 6.04 Å². The van der Waals surface area contributed by atoms with Crippen molar-refractivity contribution >= 4 is 5.91 Å². The third-order valence-electron chi connectivity index (χ3n) is 4.22. The maximum absolute atomic E-state index is 12.5. The van der Waals surface area contributed by atoms with Crippen molar-refractivity contribution in [2.75, 3.05) is 26.2 Å². The molecular weight excluding hydrogens is 268 g/mol. The Morgan fingerprint density at radius 3 is 2.86 bits per heavy atom. The molecule has 0 aliphatic carbocycles. The largest absolute Gasteiger partial charge is 0.380 e. The number of aromatic nitrogens is 2. The van der Waals surface area contributed by atoms with Crippen molar-refractivity contribution in [1.82, 2.24) is 19.8 Å². The van der Waals surface area contributed by atoms with Crippen LogP contribution in [0.4, 0.5) is 0 Å². The Hall–Kier alpha value is -1.40. The zero-order valence-corrected chi connectivity index (χ0v) is 13.2. The van der Waals surface area contributed by atoms with Crippen LogP contribution >= 0.6 is 0 Å². The topological polar surface area (TPSA) is 72.5 Å². The van der Waals surface area contributed by atoms with Gasteiger partial charge in [0.1, 0.15) is 11.4 Å². The van der Waals surface area contributed by atoms with Gasteiger partial charge in [0.15, 0.2) is 0 Å². The van der Waals surface area contributed by atoms with Crippen LogP contribution in [-0.4, -0.2) is 62.6 Å². The van der Waals surface area contributed by atoms with Crippen molar-refractivity contribution in [3.63, 3.8) is 0 Å². The van der Waals surface area contributed by atoms with E-state index in [1.54, 1.807) is 24.2 Å². The van der Waals surface area contributed by atoms with Crippen LogP contribution in [0, 0.1) is 0 Å². The first kappa shape index (κ1) is 16.0. The number of imidazole rings is 1. The Morgan fingerprint density at radius 2 is 2.29 bits per heavy atom. The number of H-pyrrole nitrogens is 1. The molecule has 118 valence electrons. The first-order valence-corrected chi connectivity index (χ1v) is 7.74. The highest BCUT2D eigenvalue weighted by Gasteiger charge is 2.38. The predicted octanol–water partition coefficient (Wildman–Crippen LogP) is 1.17. The molecule has 2 atom stereocenters. The normalized spacial score (nSPS) is 23.0. The summed E-state index contributed by atoms with van der Waals surface area (Å²) in [4.78, 5) is 24.1. The summed E-state index contributed by atoms with van der Waals surface area (Å²) in [6.45, 7) is 8.65. The van der Waals surface area contributed by atoms with Crippen LogP contribution in [0.5, 0.6) is 0 Å². The van der Waals surface area contributed by atoms with Crippen molar-refractivity contribution in [2.45, 2.75) is 45.3 Å². The average molecular weight is 294 g/mol. The first-order chi connectivity index (χ1) is 9.99. The van der Waals surface area contributed by atoms with Crippen LogP contribution < -0.4 is 0 Å². The summed E-state index contributed by atoms with van der Waals surface area (Å²) in [6, 6.07) is 0.0696. The molecule has 0 bridgehead atoms. The molecule has 1 aliphatic rings. The highest BCUT2D eigenvalue weighted by atomic mass is 16.3. The minimum Gasteiger partial charge on any atom is -0.380 e. The van der Waals surface area contributed by atoms with E-state index in [0.717, 1.165) is 25.3 Å². The number of nitrogens with one attached hydrogen (secondary N) is 1. The summed E-state index contributed by atoms with van der Waals surface area (Å²) >= 11 is 0. The van der Waals surface area contributed by atoms with E-state index in [-0.39, 0.29) is 11.9 Å². The van der Waals surface area contributed by atoms with Crippen LogP contribution in [0.3, 0.4) is 0 Å². The summed E-state index contributed by atoms with van der Waals surface area (Å²) in [6.07, 6.45) is 4.81. The molecule has 1 aromatic rings. The number of carbonyl (C=O) groups is 1. The second-order valence-corrected chi connectivity index (χ2v) is 5.89. The maximum atomic E-state index is 12.5. The Labute approximate surface area is 126 Å². The molecule has 6 heteroatoms. The second-order valence-electron chi connectivity index (χ2n) is 5.89. The Balaban J connectivity index is 2.12. The lowest BCUT2D eigenvalue weighted by Crippen LogP contribution is -2.55. The van der Waals surface area contributed by atoms with Crippen LogP contribution in [-0.2, 0) is 4.79 Å². The van der Waals surface area contributed by atoms with E-state index in [1.807, 2.05) is 6.92 Å². The predicted molar refractivity (Wildman–Crippen MR) is 80.7 cm³/mol. The Kier molecular flexibility index (Phi) is 5.00. The van der Waals surface area contributed by atoms with E-state index in [4.69, 9.17) is 0 Å². The van der Waals surface area contributed by atoms with E-state index in [0.29, 0.717) is 19.5 Å². The number of aliphatic hydroxyl groups is 1. The third kappa shape index (κ3) is 3.44. The number of nitrogens with zero attached hydrogens (tertiary/aromatic N) is 3. The van der Waals surface area contributed by atoms with E-state index in [1.165, 1.54) is 0 Å². The molecule has 0 radical (unpaired) electrons. The van der Waals surface area contributed by atoms with Crippen molar-refractivity contribution in [1.29, 1.82) is 0 Å². The quantitative estimate of drug-likeness (QED) is 0.855. The molecule has 2 heterocycles. The summed E-state index contributed by atoms with van der Waals surface area (Å²) in [5.41, 5.74) is -1.27. The summed E-state index contributed by atoms with van der Waals surface area (Å²) in [7, 11) is 0. The molecule has 6 nitrogen and oxygen atoms in total. The number of aromatic amines is 1. The fourth-order valence-electron chi connectivity index (χ4n) is 3.04. The lowest BCUT2D eigenvalue weighted by Gasteiger charge is -2.42. The van der Waals surface area contributed by atoms with Gasteiger partial charge in [-0.3, -0.25) is 9.69 Å². The maximum Gasteiger partial charge on any atom is 0.254 e. The van der Waals surface area contributed by atoms with Gasteiger partial charge in [-0.25, -0.2) is 4.98 Å². The fourth-order valence-corrected chi connectivity index (χ4v) is 3.04. The van der Waals surface area contributed by atoms with Crippen LogP contribution in [0.15, 0.2) is 12.4 Å². The molecule has 21 heavy (non-hydrogen) atoms. The molecule has 1 fully saturated rings. The number of hydrogen-bond donors (Lipinski definition) is 2. The lowest BCUT2D eigenvalue weighted by atomic mass is 9.97. The lowest BCUT2D eigenvalue weighted by molar-refractivity contribution is -0.153. The van der Waals surface area contributed by atoms with E-state index in [2.05, 4.69) is 21.8 Å². The van der Waals surface area contributed by atoms with Crippen molar-refractivity contribution in [2.24, 2.45) is 0 Å². The summed E-state index contributed by atoms with van der Waals surface area (Å²) in [5, 5.41) is 10.3. The van der Waals surface area contributed by atoms with Crippen LogP contribution in [0.25, 0.3) is 0 Å². The minimum absolute atomic E-state index is 0.0696. The summed E-state index contributed by atoms with van der Waals surface area (Å²) in [5.74, 6) is 0.709. The Morgan fingerprint density at radius 1 is 1.52 bits per heavy atom. The van der Waals surface area contributed by atoms with E-state index < -0.39 is 5.60 Å². The minimum atomic E-state index is -1.27. The second kappa shape index (κ2) is 6.58. The van der Waals surface area contributed by atoms with Gasteiger partial charge in [-0.05, 0) is 19.9 Å².